The smallest absolute Gasteiger partial charge is 0.253 e. The molecule has 6 heteroatoms. The van der Waals surface area contributed by atoms with Gasteiger partial charge in [0, 0.05) is 18.3 Å². The SMILES string of the molecule is CCNC(=O)c1ccccc1NC(=O)Cc1csc(Cc2ccccc2)n1. The fourth-order valence-electron chi connectivity index (χ4n) is 2.69. The van der Waals surface area contributed by atoms with Gasteiger partial charge in [-0.05, 0) is 24.6 Å². The highest BCUT2D eigenvalue weighted by Crippen LogP contribution is 2.18. The lowest BCUT2D eigenvalue weighted by molar-refractivity contribution is -0.115. The molecular formula is C21H21N3O2S. The highest BCUT2D eigenvalue weighted by atomic mass is 32.1. The maximum absolute atomic E-state index is 12.4. The van der Waals surface area contributed by atoms with Gasteiger partial charge in [0.15, 0.2) is 0 Å². The van der Waals surface area contributed by atoms with Crippen LogP contribution in [-0.2, 0) is 17.6 Å². The van der Waals surface area contributed by atoms with Crippen LogP contribution in [0.4, 0.5) is 5.69 Å². The third-order valence-electron chi connectivity index (χ3n) is 3.92. The standard InChI is InChI=1S/C21H21N3O2S/c1-2-22-21(26)17-10-6-7-11-18(17)24-19(25)13-16-14-27-20(23-16)12-15-8-4-3-5-9-15/h3-11,14H,2,12-13H2,1H3,(H,22,26)(H,24,25). The predicted molar refractivity (Wildman–Crippen MR) is 108 cm³/mol. The topological polar surface area (TPSA) is 71.1 Å². The molecule has 0 saturated carbocycles. The van der Waals surface area contributed by atoms with Crippen LogP contribution in [0, 0.1) is 0 Å². The molecule has 138 valence electrons. The number of carbonyl (C=O) groups is 2. The highest BCUT2D eigenvalue weighted by molar-refractivity contribution is 7.09. The molecule has 27 heavy (non-hydrogen) atoms. The Morgan fingerprint density at radius 1 is 1.04 bits per heavy atom. The fraction of sp³-hybridized carbons (Fsp3) is 0.190. The minimum atomic E-state index is -0.202. The highest BCUT2D eigenvalue weighted by Gasteiger charge is 2.14. The molecule has 2 amide bonds. The van der Waals surface area contributed by atoms with Crippen molar-refractivity contribution in [2.75, 3.05) is 11.9 Å². The first kappa shape index (κ1) is 18.8. The third-order valence-corrected chi connectivity index (χ3v) is 4.82. The number of hydrogen-bond donors (Lipinski definition) is 2. The first-order chi connectivity index (χ1) is 13.2. The summed E-state index contributed by atoms with van der Waals surface area (Å²) in [5.74, 6) is -0.393. The van der Waals surface area contributed by atoms with Gasteiger partial charge in [-0.15, -0.1) is 11.3 Å². The molecule has 0 spiro atoms. The van der Waals surface area contributed by atoms with Crippen molar-refractivity contribution in [1.29, 1.82) is 0 Å². The Bertz CT molecular complexity index is 922. The minimum absolute atomic E-state index is 0.176. The van der Waals surface area contributed by atoms with Crippen LogP contribution in [0.15, 0.2) is 60.0 Å². The van der Waals surface area contributed by atoms with Gasteiger partial charge in [-0.1, -0.05) is 42.5 Å². The summed E-state index contributed by atoms with van der Waals surface area (Å²) in [6.45, 7) is 2.39. The summed E-state index contributed by atoms with van der Waals surface area (Å²) in [7, 11) is 0. The number of amides is 2. The maximum Gasteiger partial charge on any atom is 0.253 e. The zero-order chi connectivity index (χ0) is 19.1. The maximum atomic E-state index is 12.4. The minimum Gasteiger partial charge on any atom is -0.352 e. The average molecular weight is 379 g/mol. The van der Waals surface area contributed by atoms with Crippen LogP contribution in [0.25, 0.3) is 0 Å². The molecule has 0 aliphatic heterocycles. The van der Waals surface area contributed by atoms with Gasteiger partial charge in [-0.3, -0.25) is 9.59 Å². The Hall–Kier alpha value is -2.99. The van der Waals surface area contributed by atoms with Gasteiger partial charge in [0.25, 0.3) is 5.91 Å². The van der Waals surface area contributed by atoms with Crippen LogP contribution < -0.4 is 10.6 Å². The Kier molecular flexibility index (Phi) is 6.33. The molecule has 0 unspecified atom stereocenters. The second-order valence-electron chi connectivity index (χ2n) is 6.02. The number of hydrogen-bond acceptors (Lipinski definition) is 4. The number of rotatable bonds is 7. The molecule has 2 N–H and O–H groups in total. The second kappa shape index (κ2) is 9.09. The Morgan fingerprint density at radius 2 is 1.78 bits per heavy atom. The molecule has 1 aromatic heterocycles. The van der Waals surface area contributed by atoms with E-state index in [1.165, 1.54) is 5.56 Å². The van der Waals surface area contributed by atoms with Gasteiger partial charge >= 0.3 is 0 Å². The van der Waals surface area contributed by atoms with Gasteiger partial charge in [-0.2, -0.15) is 0 Å². The number of anilines is 1. The van der Waals surface area contributed by atoms with Crippen molar-refractivity contribution in [2.24, 2.45) is 0 Å². The number of aromatic nitrogens is 1. The monoisotopic (exact) mass is 379 g/mol. The first-order valence-electron chi connectivity index (χ1n) is 8.80. The summed E-state index contributed by atoms with van der Waals surface area (Å²) in [6, 6.07) is 17.1. The number of nitrogens with one attached hydrogen (secondary N) is 2. The quantitative estimate of drug-likeness (QED) is 0.658. The fourth-order valence-corrected chi connectivity index (χ4v) is 3.51. The normalized spacial score (nSPS) is 10.4. The van der Waals surface area contributed by atoms with Gasteiger partial charge in [0.05, 0.1) is 28.4 Å². The van der Waals surface area contributed by atoms with Crippen molar-refractivity contribution in [2.45, 2.75) is 19.8 Å². The van der Waals surface area contributed by atoms with E-state index < -0.39 is 0 Å². The summed E-state index contributed by atoms with van der Waals surface area (Å²) in [5, 5.41) is 8.46. The van der Waals surface area contributed by atoms with E-state index in [4.69, 9.17) is 0 Å². The van der Waals surface area contributed by atoms with Crippen LogP contribution in [0.1, 0.15) is 33.5 Å². The summed E-state index contributed by atoms with van der Waals surface area (Å²) in [6.07, 6.45) is 0.933. The number of benzene rings is 2. The molecular weight excluding hydrogens is 358 g/mol. The van der Waals surface area contributed by atoms with Crippen LogP contribution in [0.5, 0.6) is 0 Å². The van der Waals surface area contributed by atoms with Crippen molar-refractivity contribution in [3.63, 3.8) is 0 Å². The molecule has 1 heterocycles. The average Bonchev–Trinajstić information content (AvgIpc) is 3.09. The van der Waals surface area contributed by atoms with Crippen molar-refractivity contribution in [3.05, 3.63) is 81.8 Å². The van der Waals surface area contributed by atoms with Crippen LogP contribution in [0.3, 0.4) is 0 Å². The molecule has 3 aromatic rings. The lowest BCUT2D eigenvalue weighted by Gasteiger charge is -2.10. The van der Waals surface area contributed by atoms with Crippen molar-refractivity contribution in [3.8, 4) is 0 Å². The van der Waals surface area contributed by atoms with E-state index in [0.29, 0.717) is 17.8 Å². The molecule has 0 aliphatic carbocycles. The van der Waals surface area contributed by atoms with E-state index in [1.54, 1.807) is 35.6 Å². The van der Waals surface area contributed by atoms with Gasteiger partial charge in [0.2, 0.25) is 5.91 Å². The Morgan fingerprint density at radius 3 is 2.56 bits per heavy atom. The number of carbonyl (C=O) groups excluding carboxylic acids is 2. The van der Waals surface area contributed by atoms with Gasteiger partial charge in [-0.25, -0.2) is 4.98 Å². The van der Waals surface area contributed by atoms with Crippen LogP contribution >= 0.6 is 11.3 Å². The van der Waals surface area contributed by atoms with Crippen molar-refractivity contribution >= 4 is 28.8 Å². The van der Waals surface area contributed by atoms with Crippen LogP contribution in [0.2, 0.25) is 0 Å². The van der Waals surface area contributed by atoms with E-state index in [1.807, 2.05) is 30.5 Å². The summed E-state index contributed by atoms with van der Waals surface area (Å²) in [5.41, 5.74) is 2.89. The van der Waals surface area contributed by atoms with Gasteiger partial charge in [0.1, 0.15) is 0 Å². The second-order valence-corrected chi connectivity index (χ2v) is 6.97. The predicted octanol–water partition coefficient (Wildman–Crippen LogP) is 3.66. The molecule has 0 radical (unpaired) electrons. The largest absolute Gasteiger partial charge is 0.352 e. The molecule has 0 atom stereocenters. The van der Waals surface area contributed by atoms with E-state index in [0.717, 1.165) is 17.1 Å². The van der Waals surface area contributed by atoms with E-state index in [9.17, 15) is 9.59 Å². The van der Waals surface area contributed by atoms with Crippen LogP contribution in [-0.4, -0.2) is 23.3 Å². The lowest BCUT2D eigenvalue weighted by Crippen LogP contribution is -2.25. The number of para-hydroxylation sites is 1. The van der Waals surface area contributed by atoms with Gasteiger partial charge < -0.3 is 10.6 Å². The molecule has 3 rings (SSSR count). The first-order valence-corrected chi connectivity index (χ1v) is 9.68. The third kappa shape index (κ3) is 5.24. The molecule has 0 aliphatic rings. The zero-order valence-corrected chi connectivity index (χ0v) is 15.9. The molecule has 0 saturated heterocycles. The number of thiazole rings is 1. The summed E-state index contributed by atoms with van der Waals surface area (Å²) in [4.78, 5) is 29.1. The van der Waals surface area contributed by atoms with Crippen molar-refractivity contribution < 1.29 is 9.59 Å². The zero-order valence-electron chi connectivity index (χ0n) is 15.1. The molecule has 2 aromatic carbocycles. The van der Waals surface area contributed by atoms with E-state index in [2.05, 4.69) is 27.8 Å². The lowest BCUT2D eigenvalue weighted by atomic mass is 10.1. The van der Waals surface area contributed by atoms with Crippen molar-refractivity contribution in [1.82, 2.24) is 10.3 Å². The molecule has 0 fully saturated rings. The summed E-state index contributed by atoms with van der Waals surface area (Å²) >= 11 is 1.55. The van der Waals surface area contributed by atoms with E-state index in [-0.39, 0.29) is 18.2 Å². The number of nitrogens with zero attached hydrogens (tertiary/aromatic N) is 1. The molecule has 5 nitrogen and oxygen atoms in total. The summed E-state index contributed by atoms with van der Waals surface area (Å²) < 4.78 is 0. The Balaban J connectivity index is 1.63. The molecule has 0 bridgehead atoms. The van der Waals surface area contributed by atoms with E-state index >= 15 is 0 Å². The Labute approximate surface area is 162 Å².